The van der Waals surface area contributed by atoms with Crippen LogP contribution in [0.3, 0.4) is 0 Å². The van der Waals surface area contributed by atoms with Crippen LogP contribution < -0.4 is 0 Å². The number of cyclic esters (lactones) is 1. The van der Waals surface area contributed by atoms with Crippen molar-refractivity contribution >= 4 is 17.7 Å². The molecule has 19 heavy (non-hydrogen) atoms. The Labute approximate surface area is 118 Å². The van der Waals surface area contributed by atoms with Gasteiger partial charge in [-0.1, -0.05) is 18.2 Å². The first-order valence-electron chi connectivity index (χ1n) is 6.91. The summed E-state index contributed by atoms with van der Waals surface area (Å²) in [6, 6.07) is 10.6. The highest BCUT2D eigenvalue weighted by Crippen LogP contribution is 2.28. The van der Waals surface area contributed by atoms with E-state index in [0.29, 0.717) is 12.5 Å². The van der Waals surface area contributed by atoms with Gasteiger partial charge in [-0.05, 0) is 31.0 Å². The third-order valence-electron chi connectivity index (χ3n) is 3.89. The third kappa shape index (κ3) is 3.12. The molecule has 2 aliphatic rings. The average molecular weight is 277 g/mol. The zero-order chi connectivity index (χ0) is 13.1. The molecule has 0 spiro atoms. The highest BCUT2D eigenvalue weighted by molar-refractivity contribution is 7.99. The Balaban J connectivity index is 1.48. The molecule has 2 heterocycles. The molecule has 2 aliphatic heterocycles. The molecule has 0 aromatic heterocycles. The van der Waals surface area contributed by atoms with Gasteiger partial charge in [0.2, 0.25) is 0 Å². The summed E-state index contributed by atoms with van der Waals surface area (Å²) in [6.45, 7) is 2.68. The van der Waals surface area contributed by atoms with E-state index in [0.717, 1.165) is 25.3 Å². The van der Waals surface area contributed by atoms with Gasteiger partial charge in [-0.2, -0.15) is 0 Å². The Hall–Kier alpha value is -1.00. The number of hydrogen-bond donors (Lipinski definition) is 0. The van der Waals surface area contributed by atoms with E-state index in [1.807, 2.05) is 17.8 Å². The van der Waals surface area contributed by atoms with Crippen LogP contribution in [0, 0.1) is 5.92 Å². The van der Waals surface area contributed by atoms with E-state index in [2.05, 4.69) is 29.2 Å². The molecule has 0 aliphatic carbocycles. The molecule has 0 radical (unpaired) electrons. The van der Waals surface area contributed by atoms with Crippen molar-refractivity contribution in [3.05, 3.63) is 30.3 Å². The summed E-state index contributed by atoms with van der Waals surface area (Å²) in [5.74, 6) is 1.82. The van der Waals surface area contributed by atoms with E-state index in [1.165, 1.54) is 11.3 Å². The highest BCUT2D eigenvalue weighted by atomic mass is 32.2. The molecule has 3 rings (SSSR count). The number of nitrogens with zero attached hydrogens (tertiary/aromatic N) is 1. The maximum absolute atomic E-state index is 11.6. The lowest BCUT2D eigenvalue weighted by Crippen LogP contribution is -2.36. The molecule has 2 saturated heterocycles. The third-order valence-corrected chi connectivity index (χ3v) is 5.14. The first-order chi connectivity index (χ1) is 9.33. The Morgan fingerprint density at radius 1 is 1.26 bits per heavy atom. The minimum Gasteiger partial charge on any atom is -0.464 e. The molecular weight excluding hydrogens is 258 g/mol. The van der Waals surface area contributed by atoms with Gasteiger partial charge in [0.15, 0.2) is 0 Å². The number of rotatable bonds is 4. The maximum atomic E-state index is 11.6. The second-order valence-corrected chi connectivity index (χ2v) is 6.34. The molecular formula is C15H19NO2S. The standard InChI is InChI=1S/C15H19NO2S/c17-15-14(7-9-18-15)16-8-6-12(10-16)11-19-13-4-2-1-3-5-13/h1-5,12,14H,6-11H2. The van der Waals surface area contributed by atoms with Crippen LogP contribution in [0.2, 0.25) is 0 Å². The Morgan fingerprint density at radius 3 is 2.84 bits per heavy atom. The largest absolute Gasteiger partial charge is 0.464 e. The first-order valence-corrected chi connectivity index (χ1v) is 7.90. The molecule has 0 saturated carbocycles. The Bertz CT molecular complexity index is 437. The maximum Gasteiger partial charge on any atom is 0.323 e. The molecule has 2 unspecified atom stereocenters. The number of carbonyl (C=O) groups excluding carboxylic acids is 1. The minimum absolute atomic E-state index is 0.0173. The van der Waals surface area contributed by atoms with Crippen molar-refractivity contribution in [2.45, 2.75) is 23.8 Å². The van der Waals surface area contributed by atoms with E-state index in [1.54, 1.807) is 0 Å². The quantitative estimate of drug-likeness (QED) is 0.624. The lowest BCUT2D eigenvalue weighted by Gasteiger charge is -2.20. The van der Waals surface area contributed by atoms with Gasteiger partial charge >= 0.3 is 5.97 Å². The van der Waals surface area contributed by atoms with Gasteiger partial charge in [-0.15, -0.1) is 11.8 Å². The fraction of sp³-hybridized carbons (Fsp3) is 0.533. The van der Waals surface area contributed by atoms with Crippen LogP contribution in [0.15, 0.2) is 35.2 Å². The van der Waals surface area contributed by atoms with Crippen molar-refractivity contribution in [3.63, 3.8) is 0 Å². The van der Waals surface area contributed by atoms with Crippen LogP contribution in [-0.4, -0.2) is 42.4 Å². The molecule has 2 fully saturated rings. The minimum atomic E-state index is -0.0173. The summed E-state index contributed by atoms with van der Waals surface area (Å²) in [4.78, 5) is 15.2. The van der Waals surface area contributed by atoms with Crippen LogP contribution in [-0.2, 0) is 9.53 Å². The number of esters is 1. The normalized spacial score (nSPS) is 27.7. The summed E-state index contributed by atoms with van der Waals surface area (Å²) in [6.07, 6.45) is 2.07. The van der Waals surface area contributed by atoms with E-state index >= 15 is 0 Å². The number of carbonyl (C=O) groups is 1. The van der Waals surface area contributed by atoms with Crippen molar-refractivity contribution in [1.29, 1.82) is 0 Å². The van der Waals surface area contributed by atoms with Gasteiger partial charge < -0.3 is 4.74 Å². The second kappa shape index (κ2) is 5.97. The number of ether oxygens (including phenoxy) is 1. The molecule has 1 aromatic rings. The van der Waals surface area contributed by atoms with Gasteiger partial charge in [0, 0.05) is 23.6 Å². The predicted molar refractivity (Wildman–Crippen MR) is 76.2 cm³/mol. The SMILES string of the molecule is O=C1OCCC1N1CCC(CSc2ccccc2)C1. The van der Waals surface area contributed by atoms with Crippen LogP contribution in [0.5, 0.6) is 0 Å². The zero-order valence-corrected chi connectivity index (χ0v) is 11.8. The molecule has 1 aromatic carbocycles. The molecule has 0 N–H and O–H groups in total. The summed E-state index contributed by atoms with van der Waals surface area (Å²) < 4.78 is 5.06. The van der Waals surface area contributed by atoms with E-state index < -0.39 is 0 Å². The van der Waals surface area contributed by atoms with Gasteiger partial charge in [0.05, 0.1) is 6.61 Å². The van der Waals surface area contributed by atoms with Crippen LogP contribution >= 0.6 is 11.8 Å². The van der Waals surface area contributed by atoms with E-state index in [9.17, 15) is 4.79 Å². The number of likely N-dealkylation sites (tertiary alicyclic amines) is 1. The first kappa shape index (κ1) is 13.0. The monoisotopic (exact) mass is 277 g/mol. The van der Waals surface area contributed by atoms with Gasteiger partial charge in [0.1, 0.15) is 6.04 Å². The van der Waals surface area contributed by atoms with Gasteiger partial charge in [-0.3, -0.25) is 9.69 Å². The summed E-state index contributed by atoms with van der Waals surface area (Å²) in [5.41, 5.74) is 0. The van der Waals surface area contributed by atoms with Crippen molar-refractivity contribution in [3.8, 4) is 0 Å². The lowest BCUT2D eigenvalue weighted by molar-refractivity contribution is -0.142. The number of thioether (sulfide) groups is 1. The van der Waals surface area contributed by atoms with Gasteiger partial charge in [-0.25, -0.2) is 0 Å². The molecule has 2 atom stereocenters. The topological polar surface area (TPSA) is 29.5 Å². The van der Waals surface area contributed by atoms with E-state index in [-0.39, 0.29) is 12.0 Å². The second-order valence-electron chi connectivity index (χ2n) is 5.25. The van der Waals surface area contributed by atoms with Crippen LogP contribution in [0.1, 0.15) is 12.8 Å². The number of benzene rings is 1. The predicted octanol–water partition coefficient (Wildman–Crippen LogP) is 2.42. The highest BCUT2D eigenvalue weighted by Gasteiger charge is 2.36. The summed E-state index contributed by atoms with van der Waals surface area (Å²) in [7, 11) is 0. The fourth-order valence-corrected chi connectivity index (χ4v) is 3.88. The van der Waals surface area contributed by atoms with Crippen molar-refractivity contribution in [2.24, 2.45) is 5.92 Å². The summed E-state index contributed by atoms with van der Waals surface area (Å²) in [5, 5.41) is 0. The lowest BCUT2D eigenvalue weighted by atomic mass is 10.1. The van der Waals surface area contributed by atoms with E-state index in [4.69, 9.17) is 4.74 Å². The smallest absolute Gasteiger partial charge is 0.323 e. The molecule has 0 amide bonds. The molecule has 4 heteroatoms. The zero-order valence-electron chi connectivity index (χ0n) is 11.0. The van der Waals surface area contributed by atoms with Crippen molar-refractivity contribution in [1.82, 2.24) is 4.90 Å². The fourth-order valence-electron chi connectivity index (χ4n) is 2.83. The van der Waals surface area contributed by atoms with Gasteiger partial charge in [0.25, 0.3) is 0 Å². The molecule has 0 bridgehead atoms. The van der Waals surface area contributed by atoms with Crippen LogP contribution in [0.25, 0.3) is 0 Å². The molecule has 102 valence electrons. The Kier molecular flexibility index (Phi) is 4.09. The Morgan fingerprint density at radius 2 is 2.11 bits per heavy atom. The number of hydrogen-bond acceptors (Lipinski definition) is 4. The van der Waals surface area contributed by atoms with Crippen molar-refractivity contribution < 1.29 is 9.53 Å². The average Bonchev–Trinajstić information content (AvgIpc) is 3.06. The summed E-state index contributed by atoms with van der Waals surface area (Å²) >= 11 is 1.92. The van der Waals surface area contributed by atoms with Crippen LogP contribution in [0.4, 0.5) is 0 Å². The van der Waals surface area contributed by atoms with Crippen molar-refractivity contribution in [2.75, 3.05) is 25.4 Å². The molecule has 3 nitrogen and oxygen atoms in total.